The molecule has 0 amide bonds. The molecule has 0 saturated carbocycles. The van der Waals surface area contributed by atoms with E-state index < -0.39 is 17.9 Å². The molecule has 0 aromatic carbocycles. The fourth-order valence-electron chi connectivity index (χ4n) is 7.57. The molecule has 0 unspecified atom stereocenters. The normalized spacial score (nSPS) is 10.7. The Labute approximate surface area is 414 Å². The van der Waals surface area contributed by atoms with Crippen molar-refractivity contribution in [2.24, 2.45) is 0 Å². The van der Waals surface area contributed by atoms with Gasteiger partial charge in [-0.15, -0.1) is 0 Å². The third-order valence-electron chi connectivity index (χ3n) is 11.4. The molecule has 0 spiro atoms. The Bertz CT molecular complexity index is 1330. The third-order valence-corrected chi connectivity index (χ3v) is 11.4. The Morgan fingerprint density at radius 2 is 0.484 bits per heavy atom. The van der Waals surface area contributed by atoms with Gasteiger partial charge in [-0.25, -0.2) is 0 Å². The topological polar surface area (TPSA) is 151 Å². The van der Waals surface area contributed by atoms with E-state index in [0.29, 0.717) is 19.3 Å². The maximum Gasteiger partial charge on any atom is 0.303 e. The van der Waals surface area contributed by atoms with Crippen LogP contribution in [-0.4, -0.2) is 33.2 Å². The number of carboxylic acids is 3. The van der Waals surface area contributed by atoms with Crippen molar-refractivity contribution in [1.82, 2.24) is 0 Å². The maximum atomic E-state index is 10.4. The quantitative estimate of drug-likeness (QED) is 0.0475. The molecule has 363 valence electrons. The summed E-state index contributed by atoms with van der Waals surface area (Å²) in [6.07, 6.45) is 38.2. The van der Waals surface area contributed by atoms with Gasteiger partial charge in [0.15, 0.2) is 0 Å². The Morgan fingerprint density at radius 1 is 0.312 bits per heavy atom. The van der Waals surface area contributed by atoms with Crippen molar-refractivity contribution in [2.75, 3.05) is 0 Å². The van der Waals surface area contributed by atoms with Crippen LogP contribution in [-0.2, 0) is 85.6 Å². The first-order valence-electron chi connectivity index (χ1n) is 25.5. The van der Waals surface area contributed by atoms with Crippen molar-refractivity contribution < 1.29 is 75.7 Å². The van der Waals surface area contributed by atoms with E-state index in [1.54, 1.807) is 0 Å². The van der Waals surface area contributed by atoms with Crippen molar-refractivity contribution in [1.29, 1.82) is 0 Å². The largest absolute Gasteiger partial charge is 0.481 e. The van der Waals surface area contributed by atoms with Crippen molar-refractivity contribution in [2.45, 2.75) is 252 Å². The van der Waals surface area contributed by atoms with Crippen LogP contribution < -0.4 is 0 Å². The van der Waals surface area contributed by atoms with Gasteiger partial charge in [0.1, 0.15) is 34.6 Å². The summed E-state index contributed by atoms with van der Waals surface area (Å²) in [5.41, 5.74) is 0. The van der Waals surface area contributed by atoms with E-state index in [1.807, 2.05) is 0 Å². The Hall–Kier alpha value is -2.65. The van der Waals surface area contributed by atoms with Crippen LogP contribution >= 0.6 is 0 Å². The zero-order valence-corrected chi connectivity index (χ0v) is 43.6. The minimum atomic E-state index is -0.678. The van der Waals surface area contributed by atoms with Gasteiger partial charge in [0, 0.05) is 90.5 Å². The van der Waals surface area contributed by atoms with E-state index in [9.17, 15) is 14.4 Å². The summed E-state index contributed by atoms with van der Waals surface area (Å²) < 4.78 is 17.5. The summed E-state index contributed by atoms with van der Waals surface area (Å²) in [7, 11) is 0. The number of hydrogen-bond donors (Lipinski definition) is 3. The number of unbranched alkanes of at least 4 members (excludes halogenated alkanes) is 21. The molecule has 0 aliphatic heterocycles. The molecule has 0 fully saturated rings. The molecule has 1 radical (unpaired) electrons. The van der Waals surface area contributed by atoms with Crippen LogP contribution in [0.3, 0.4) is 0 Å². The summed E-state index contributed by atoms with van der Waals surface area (Å²) in [5, 5.41) is 25.6. The molecule has 0 saturated heterocycles. The molecule has 3 rings (SSSR count). The molecule has 9 nitrogen and oxygen atoms in total. The Balaban J connectivity index is 0.000000923. The standard InChI is InChI=1S/3C18H30O3.Y/c3*1-2-3-8-11-16-14-15-17(21-16)12-9-6-4-5-7-10-13-18(19)20;/h3*14-15H,2-13H2,1H3,(H,19,20);. The fraction of sp³-hybridized carbons (Fsp3) is 0.722. The molecule has 3 N–H and O–H groups in total. The minimum absolute atomic E-state index is 0. The summed E-state index contributed by atoms with van der Waals surface area (Å²) in [5.74, 6) is 4.71. The summed E-state index contributed by atoms with van der Waals surface area (Å²) >= 11 is 0. The van der Waals surface area contributed by atoms with Gasteiger partial charge in [-0.2, -0.15) is 0 Å². The summed E-state index contributed by atoms with van der Waals surface area (Å²) in [4.78, 5) is 31.1. The van der Waals surface area contributed by atoms with E-state index in [0.717, 1.165) is 131 Å². The molecule has 64 heavy (non-hydrogen) atoms. The molecule has 0 aliphatic rings. The van der Waals surface area contributed by atoms with Crippen LogP contribution in [0, 0.1) is 0 Å². The molecular formula is C54H90O9Y. The maximum absolute atomic E-state index is 10.4. The van der Waals surface area contributed by atoms with Gasteiger partial charge in [0.05, 0.1) is 0 Å². The monoisotopic (exact) mass is 972 g/mol. The molecule has 3 aromatic rings. The smallest absolute Gasteiger partial charge is 0.303 e. The van der Waals surface area contributed by atoms with Gasteiger partial charge in [-0.3, -0.25) is 14.4 Å². The van der Waals surface area contributed by atoms with Crippen LogP contribution in [0.4, 0.5) is 0 Å². The van der Waals surface area contributed by atoms with Gasteiger partial charge < -0.3 is 28.6 Å². The molecule has 10 heteroatoms. The van der Waals surface area contributed by atoms with Crippen LogP contribution in [0.25, 0.3) is 0 Å². The first kappa shape index (κ1) is 61.4. The number of carbonyl (C=O) groups is 3. The number of hydrogen-bond acceptors (Lipinski definition) is 6. The Kier molecular flexibility index (Phi) is 42.4. The van der Waals surface area contributed by atoms with Gasteiger partial charge in [0.2, 0.25) is 0 Å². The molecular weight excluding hydrogens is 881 g/mol. The summed E-state index contributed by atoms with van der Waals surface area (Å²) in [6, 6.07) is 12.7. The average molecular weight is 972 g/mol. The van der Waals surface area contributed by atoms with Crippen LogP contribution in [0.1, 0.15) is 248 Å². The van der Waals surface area contributed by atoms with Crippen molar-refractivity contribution in [3.8, 4) is 0 Å². The minimum Gasteiger partial charge on any atom is -0.481 e. The number of aryl methyl sites for hydroxylation is 6. The van der Waals surface area contributed by atoms with Crippen molar-refractivity contribution >= 4 is 17.9 Å². The number of furan rings is 3. The van der Waals surface area contributed by atoms with Gasteiger partial charge in [-0.1, -0.05) is 136 Å². The summed E-state index contributed by atoms with van der Waals surface area (Å²) in [6.45, 7) is 6.65. The SMILES string of the molecule is CCCCCc1ccc(CCCCCCCCC(=O)O)o1.CCCCCc1ccc(CCCCCCCCC(=O)O)o1.CCCCCc1ccc(CCCCCCCCC(=O)O)o1.[Y]. The molecule has 3 heterocycles. The van der Waals surface area contributed by atoms with Crippen molar-refractivity contribution in [3.63, 3.8) is 0 Å². The second-order valence-corrected chi connectivity index (χ2v) is 17.5. The predicted octanol–water partition coefficient (Wildman–Crippen LogP) is 16.1. The molecule has 0 aliphatic carbocycles. The van der Waals surface area contributed by atoms with Gasteiger partial charge >= 0.3 is 17.9 Å². The first-order chi connectivity index (χ1) is 30.7. The van der Waals surface area contributed by atoms with Crippen LogP contribution in [0.5, 0.6) is 0 Å². The second kappa shape index (κ2) is 44.2. The zero-order chi connectivity index (χ0) is 46.0. The van der Waals surface area contributed by atoms with Crippen molar-refractivity contribution in [3.05, 3.63) is 71.0 Å². The van der Waals surface area contributed by atoms with Gasteiger partial charge in [0.25, 0.3) is 0 Å². The number of carboxylic acid groups (broad SMARTS) is 3. The molecule has 3 aromatic heterocycles. The van der Waals surface area contributed by atoms with E-state index in [2.05, 4.69) is 57.2 Å². The fourth-order valence-corrected chi connectivity index (χ4v) is 7.57. The number of aliphatic carboxylic acids is 3. The first-order valence-corrected chi connectivity index (χ1v) is 25.5. The van der Waals surface area contributed by atoms with Crippen LogP contribution in [0.15, 0.2) is 49.6 Å². The van der Waals surface area contributed by atoms with E-state index in [-0.39, 0.29) is 32.7 Å². The average Bonchev–Trinajstić information content (AvgIpc) is 4.03. The molecule has 0 atom stereocenters. The molecule has 0 bridgehead atoms. The predicted molar refractivity (Wildman–Crippen MR) is 257 cm³/mol. The van der Waals surface area contributed by atoms with Crippen LogP contribution in [0.2, 0.25) is 0 Å². The third kappa shape index (κ3) is 38.6. The zero-order valence-electron chi connectivity index (χ0n) is 40.8. The van der Waals surface area contributed by atoms with E-state index in [1.165, 1.54) is 116 Å². The van der Waals surface area contributed by atoms with Gasteiger partial charge in [-0.05, 0) is 94.2 Å². The second-order valence-electron chi connectivity index (χ2n) is 17.5. The number of rotatable bonds is 39. The van der Waals surface area contributed by atoms with E-state index >= 15 is 0 Å². The van der Waals surface area contributed by atoms with E-state index in [4.69, 9.17) is 28.6 Å². The Morgan fingerprint density at radius 3 is 0.672 bits per heavy atom.